The average molecular weight is 223 g/mol. The molecule has 1 fully saturated rings. The first-order valence-electron chi connectivity index (χ1n) is 5.78. The molecule has 0 aromatic heterocycles. The first-order chi connectivity index (χ1) is 7.72. The highest BCUT2D eigenvalue weighted by molar-refractivity contribution is 5.27. The maximum atomic E-state index is 11.9. The van der Waals surface area contributed by atoms with Crippen molar-refractivity contribution in [1.29, 1.82) is 0 Å². The molecule has 1 aromatic rings. The Bertz CT molecular complexity index is 332. The molecule has 0 atom stereocenters. The molecule has 2 nitrogen and oxygen atoms in total. The number of ether oxygens (including phenoxy) is 1. The van der Waals surface area contributed by atoms with Crippen molar-refractivity contribution < 1.29 is 9.13 Å². The van der Waals surface area contributed by atoms with Crippen LogP contribution in [0.25, 0.3) is 0 Å². The molecule has 0 unspecified atom stereocenters. The van der Waals surface area contributed by atoms with E-state index in [2.05, 4.69) is 0 Å². The molecule has 0 saturated heterocycles. The molecule has 0 heterocycles. The molecular formula is C13H18FNO. The first kappa shape index (κ1) is 11.4. The molecule has 1 saturated carbocycles. The van der Waals surface area contributed by atoms with Crippen molar-refractivity contribution in [1.82, 2.24) is 0 Å². The number of benzene rings is 1. The van der Waals surface area contributed by atoms with E-state index in [1.807, 2.05) is 24.3 Å². The highest BCUT2D eigenvalue weighted by atomic mass is 19.1. The molecule has 2 rings (SSSR count). The summed E-state index contributed by atoms with van der Waals surface area (Å²) >= 11 is 0. The molecular weight excluding hydrogens is 205 g/mol. The lowest BCUT2D eigenvalue weighted by Gasteiger charge is -2.09. The van der Waals surface area contributed by atoms with Gasteiger partial charge in [0.1, 0.15) is 19.0 Å². The predicted octanol–water partition coefficient (Wildman–Crippen LogP) is 2.46. The summed E-state index contributed by atoms with van der Waals surface area (Å²) in [6, 6.07) is 7.83. The van der Waals surface area contributed by atoms with Crippen LogP contribution in [0.1, 0.15) is 24.8 Å². The maximum Gasteiger partial charge on any atom is 0.123 e. The van der Waals surface area contributed by atoms with Crippen molar-refractivity contribution in [3.05, 3.63) is 29.8 Å². The molecule has 0 aliphatic heterocycles. The molecule has 1 aromatic carbocycles. The zero-order chi connectivity index (χ0) is 11.4. The summed E-state index contributed by atoms with van der Waals surface area (Å²) < 4.78 is 17.0. The van der Waals surface area contributed by atoms with Gasteiger partial charge in [-0.2, -0.15) is 0 Å². The molecule has 88 valence electrons. The largest absolute Gasteiger partial charge is 0.491 e. The van der Waals surface area contributed by atoms with Crippen molar-refractivity contribution in [2.45, 2.75) is 31.2 Å². The third-order valence-electron chi connectivity index (χ3n) is 3.07. The molecule has 2 N–H and O–H groups in total. The van der Waals surface area contributed by atoms with Crippen molar-refractivity contribution in [2.24, 2.45) is 5.73 Å². The van der Waals surface area contributed by atoms with Gasteiger partial charge in [0.2, 0.25) is 0 Å². The van der Waals surface area contributed by atoms with Crippen LogP contribution in [0.4, 0.5) is 4.39 Å². The van der Waals surface area contributed by atoms with Crippen molar-refractivity contribution >= 4 is 0 Å². The molecule has 1 aliphatic carbocycles. The molecule has 0 bridgehead atoms. The van der Waals surface area contributed by atoms with Crippen LogP contribution < -0.4 is 10.5 Å². The molecule has 0 amide bonds. The fraction of sp³-hybridized carbons (Fsp3) is 0.538. The molecule has 1 aliphatic rings. The van der Waals surface area contributed by atoms with Crippen LogP contribution in [-0.4, -0.2) is 18.8 Å². The second kappa shape index (κ2) is 4.83. The van der Waals surface area contributed by atoms with E-state index >= 15 is 0 Å². The van der Waals surface area contributed by atoms with Gasteiger partial charge in [0, 0.05) is 5.54 Å². The van der Waals surface area contributed by atoms with E-state index in [4.69, 9.17) is 10.5 Å². The highest BCUT2D eigenvalue weighted by Gasteiger charge is 2.37. The van der Waals surface area contributed by atoms with E-state index in [0.717, 1.165) is 31.4 Å². The van der Waals surface area contributed by atoms with Gasteiger partial charge >= 0.3 is 0 Å². The van der Waals surface area contributed by atoms with Crippen LogP contribution in [0.3, 0.4) is 0 Å². The summed E-state index contributed by atoms with van der Waals surface area (Å²) in [5, 5.41) is 0. The lowest BCUT2D eigenvalue weighted by Crippen LogP contribution is -2.22. The van der Waals surface area contributed by atoms with Gasteiger partial charge in [0.25, 0.3) is 0 Å². The number of hydrogen-bond acceptors (Lipinski definition) is 2. The third-order valence-corrected chi connectivity index (χ3v) is 3.07. The van der Waals surface area contributed by atoms with Crippen LogP contribution in [0.2, 0.25) is 0 Å². The second-order valence-electron chi connectivity index (χ2n) is 4.54. The lowest BCUT2D eigenvalue weighted by atomic mass is 10.0. The Morgan fingerprint density at radius 2 is 1.94 bits per heavy atom. The minimum Gasteiger partial charge on any atom is -0.491 e. The normalized spacial score (nSPS) is 17.1. The number of aryl methyl sites for hydroxylation is 1. The van der Waals surface area contributed by atoms with E-state index in [1.165, 1.54) is 5.56 Å². The van der Waals surface area contributed by atoms with Crippen LogP contribution in [0.5, 0.6) is 5.75 Å². The molecule has 0 spiro atoms. The number of hydrogen-bond donors (Lipinski definition) is 1. The van der Waals surface area contributed by atoms with E-state index < -0.39 is 6.67 Å². The smallest absolute Gasteiger partial charge is 0.123 e. The summed E-state index contributed by atoms with van der Waals surface area (Å²) in [5.41, 5.74) is 7.41. The number of halogens is 1. The first-order valence-corrected chi connectivity index (χ1v) is 5.78. The summed E-state index contributed by atoms with van der Waals surface area (Å²) in [6.07, 6.45) is 4.38. The van der Waals surface area contributed by atoms with Gasteiger partial charge in [-0.05, 0) is 43.4 Å². The topological polar surface area (TPSA) is 35.2 Å². The van der Waals surface area contributed by atoms with Crippen molar-refractivity contribution in [3.63, 3.8) is 0 Å². The quantitative estimate of drug-likeness (QED) is 0.804. The number of nitrogens with two attached hydrogens (primary N) is 1. The number of alkyl halides is 1. The van der Waals surface area contributed by atoms with Gasteiger partial charge in [-0.1, -0.05) is 12.1 Å². The van der Waals surface area contributed by atoms with E-state index in [1.54, 1.807) is 0 Å². The Hall–Kier alpha value is -1.09. The van der Waals surface area contributed by atoms with Gasteiger partial charge in [-0.25, -0.2) is 4.39 Å². The van der Waals surface area contributed by atoms with Crippen LogP contribution in [0.15, 0.2) is 24.3 Å². The van der Waals surface area contributed by atoms with Crippen LogP contribution in [-0.2, 0) is 6.42 Å². The summed E-state index contributed by atoms with van der Waals surface area (Å²) in [7, 11) is 0. The Balaban J connectivity index is 1.81. The maximum absolute atomic E-state index is 11.9. The van der Waals surface area contributed by atoms with Gasteiger partial charge in [-0.15, -0.1) is 0 Å². The monoisotopic (exact) mass is 223 g/mol. The van der Waals surface area contributed by atoms with Gasteiger partial charge < -0.3 is 10.5 Å². The van der Waals surface area contributed by atoms with Crippen molar-refractivity contribution in [3.8, 4) is 5.75 Å². The second-order valence-corrected chi connectivity index (χ2v) is 4.54. The zero-order valence-corrected chi connectivity index (χ0v) is 9.42. The Labute approximate surface area is 95.6 Å². The van der Waals surface area contributed by atoms with Crippen LogP contribution >= 0.6 is 0 Å². The SMILES string of the molecule is NC1(CCc2ccc(OCCF)cc2)CC1. The zero-order valence-electron chi connectivity index (χ0n) is 9.42. The predicted molar refractivity (Wildman–Crippen MR) is 62.4 cm³/mol. The number of rotatable bonds is 6. The Morgan fingerprint density at radius 3 is 2.50 bits per heavy atom. The average Bonchev–Trinajstić information content (AvgIpc) is 3.04. The fourth-order valence-corrected chi connectivity index (χ4v) is 1.71. The van der Waals surface area contributed by atoms with E-state index in [-0.39, 0.29) is 12.1 Å². The van der Waals surface area contributed by atoms with E-state index in [9.17, 15) is 4.39 Å². The minimum atomic E-state index is -0.447. The van der Waals surface area contributed by atoms with Gasteiger partial charge in [0.05, 0.1) is 0 Å². The van der Waals surface area contributed by atoms with Crippen LogP contribution in [0, 0.1) is 0 Å². The Morgan fingerprint density at radius 1 is 1.25 bits per heavy atom. The minimum absolute atomic E-state index is 0.114. The Kier molecular flexibility index (Phi) is 3.44. The third kappa shape index (κ3) is 3.20. The van der Waals surface area contributed by atoms with Gasteiger partial charge in [-0.3, -0.25) is 0 Å². The van der Waals surface area contributed by atoms with E-state index in [0.29, 0.717) is 0 Å². The standard InChI is InChI=1S/C13H18FNO/c14-9-10-16-12-3-1-11(2-4-12)5-6-13(15)7-8-13/h1-4H,5-10,15H2. The highest BCUT2D eigenvalue weighted by Crippen LogP contribution is 2.36. The summed E-state index contributed by atoms with van der Waals surface area (Å²) in [5.74, 6) is 0.732. The van der Waals surface area contributed by atoms with Crippen molar-refractivity contribution in [2.75, 3.05) is 13.3 Å². The van der Waals surface area contributed by atoms with Gasteiger partial charge in [0.15, 0.2) is 0 Å². The molecule has 3 heteroatoms. The summed E-state index contributed by atoms with van der Waals surface area (Å²) in [4.78, 5) is 0. The molecule has 0 radical (unpaired) electrons. The molecule has 16 heavy (non-hydrogen) atoms. The summed E-state index contributed by atoms with van der Waals surface area (Å²) in [6.45, 7) is -0.317. The fourth-order valence-electron chi connectivity index (χ4n) is 1.71. The lowest BCUT2D eigenvalue weighted by molar-refractivity contribution is 0.273.